The summed E-state index contributed by atoms with van der Waals surface area (Å²) < 4.78 is 14.1. The van der Waals surface area contributed by atoms with Crippen LogP contribution in [0.25, 0.3) is 0 Å². The fourth-order valence-corrected chi connectivity index (χ4v) is 6.19. The number of hydrogen-bond acceptors (Lipinski definition) is 3. The van der Waals surface area contributed by atoms with Crippen LogP contribution in [0.2, 0.25) is 0 Å². The lowest BCUT2D eigenvalue weighted by atomic mass is 9.84. The van der Waals surface area contributed by atoms with Gasteiger partial charge in [0.05, 0.1) is 10.4 Å². The SMILES string of the molecule is C[C@@H](CC(=O)N1CCC2(CC1)SCCN2C(=O)c1ccccc1F)CC(C)(C)C. The summed E-state index contributed by atoms with van der Waals surface area (Å²) in [4.78, 5) is 29.3. The van der Waals surface area contributed by atoms with E-state index in [1.54, 1.807) is 30.0 Å². The Hall–Kier alpha value is -1.56. The van der Waals surface area contributed by atoms with Crippen molar-refractivity contribution in [3.63, 3.8) is 0 Å². The van der Waals surface area contributed by atoms with E-state index in [0.29, 0.717) is 32.0 Å². The molecule has 2 fully saturated rings. The number of rotatable bonds is 4. The summed E-state index contributed by atoms with van der Waals surface area (Å²) >= 11 is 1.78. The summed E-state index contributed by atoms with van der Waals surface area (Å²) in [7, 11) is 0. The average molecular weight is 421 g/mol. The molecule has 0 saturated carbocycles. The Balaban J connectivity index is 1.62. The van der Waals surface area contributed by atoms with Gasteiger partial charge in [-0.25, -0.2) is 4.39 Å². The summed E-state index contributed by atoms with van der Waals surface area (Å²) in [5.41, 5.74) is 0.364. The van der Waals surface area contributed by atoms with E-state index in [1.165, 1.54) is 6.07 Å². The van der Waals surface area contributed by atoms with Crippen molar-refractivity contribution in [2.24, 2.45) is 11.3 Å². The first-order chi connectivity index (χ1) is 13.6. The van der Waals surface area contributed by atoms with Crippen LogP contribution >= 0.6 is 11.8 Å². The lowest BCUT2D eigenvalue weighted by molar-refractivity contribution is -0.133. The molecule has 3 rings (SSSR count). The summed E-state index contributed by atoms with van der Waals surface area (Å²) in [6.45, 7) is 10.7. The van der Waals surface area contributed by atoms with Gasteiger partial charge >= 0.3 is 0 Å². The number of nitrogens with zero attached hydrogens (tertiary/aromatic N) is 2. The third kappa shape index (κ3) is 5.14. The Kier molecular flexibility index (Phi) is 6.61. The molecule has 160 valence electrons. The van der Waals surface area contributed by atoms with E-state index in [1.807, 2.05) is 9.80 Å². The number of thioether (sulfide) groups is 1. The maximum Gasteiger partial charge on any atom is 0.257 e. The molecule has 1 aromatic rings. The van der Waals surface area contributed by atoms with Gasteiger partial charge in [-0.05, 0) is 42.7 Å². The Morgan fingerprint density at radius 1 is 1.17 bits per heavy atom. The third-order valence-electron chi connectivity index (χ3n) is 5.91. The van der Waals surface area contributed by atoms with Gasteiger partial charge in [-0.3, -0.25) is 9.59 Å². The van der Waals surface area contributed by atoms with Gasteiger partial charge in [0.25, 0.3) is 5.91 Å². The van der Waals surface area contributed by atoms with Gasteiger partial charge in [0, 0.05) is 31.8 Å². The van der Waals surface area contributed by atoms with Crippen LogP contribution in [0, 0.1) is 17.2 Å². The molecule has 2 aliphatic rings. The molecule has 1 aromatic carbocycles. The molecule has 0 unspecified atom stereocenters. The normalized spacial score (nSPS) is 20.2. The molecule has 0 radical (unpaired) electrons. The number of piperidine rings is 1. The van der Waals surface area contributed by atoms with Gasteiger partial charge in [0.1, 0.15) is 5.82 Å². The number of carbonyl (C=O) groups is 2. The van der Waals surface area contributed by atoms with E-state index in [-0.39, 0.29) is 27.7 Å². The van der Waals surface area contributed by atoms with Gasteiger partial charge in [0.15, 0.2) is 0 Å². The highest BCUT2D eigenvalue weighted by Gasteiger charge is 2.47. The summed E-state index contributed by atoms with van der Waals surface area (Å²) in [6, 6.07) is 6.20. The highest BCUT2D eigenvalue weighted by Crippen LogP contribution is 2.44. The van der Waals surface area contributed by atoms with Crippen LogP contribution in [-0.2, 0) is 4.79 Å². The van der Waals surface area contributed by atoms with Gasteiger partial charge in [0.2, 0.25) is 5.91 Å². The molecule has 29 heavy (non-hydrogen) atoms. The van der Waals surface area contributed by atoms with Crippen molar-refractivity contribution < 1.29 is 14.0 Å². The second-order valence-corrected chi connectivity index (χ2v) is 11.1. The molecular weight excluding hydrogens is 387 g/mol. The van der Waals surface area contributed by atoms with Crippen LogP contribution in [-0.4, -0.2) is 51.9 Å². The first kappa shape index (κ1) is 22.1. The van der Waals surface area contributed by atoms with E-state index < -0.39 is 5.82 Å². The molecule has 1 spiro atoms. The summed E-state index contributed by atoms with van der Waals surface area (Å²) in [5, 5.41) is 0. The molecule has 4 nitrogen and oxygen atoms in total. The zero-order valence-corrected chi connectivity index (χ0v) is 18.9. The van der Waals surface area contributed by atoms with Gasteiger partial charge in [-0.15, -0.1) is 11.8 Å². The van der Waals surface area contributed by atoms with Crippen molar-refractivity contribution >= 4 is 23.6 Å². The van der Waals surface area contributed by atoms with Crippen LogP contribution < -0.4 is 0 Å². The van der Waals surface area contributed by atoms with Crippen molar-refractivity contribution in [2.45, 2.75) is 58.2 Å². The summed E-state index contributed by atoms with van der Waals surface area (Å²) in [6.07, 6.45) is 3.10. The maximum atomic E-state index is 14.1. The van der Waals surface area contributed by atoms with Crippen LogP contribution in [0.5, 0.6) is 0 Å². The Morgan fingerprint density at radius 2 is 1.83 bits per heavy atom. The largest absolute Gasteiger partial charge is 0.342 e. The van der Waals surface area contributed by atoms with E-state index in [4.69, 9.17) is 0 Å². The highest BCUT2D eigenvalue weighted by atomic mass is 32.2. The van der Waals surface area contributed by atoms with Crippen LogP contribution in [0.15, 0.2) is 24.3 Å². The quantitative estimate of drug-likeness (QED) is 0.703. The van der Waals surface area contributed by atoms with E-state index in [9.17, 15) is 14.0 Å². The fourth-order valence-electron chi connectivity index (χ4n) is 4.74. The Morgan fingerprint density at radius 3 is 2.45 bits per heavy atom. The second-order valence-electron chi connectivity index (χ2n) is 9.69. The second kappa shape index (κ2) is 8.66. The monoisotopic (exact) mass is 420 g/mol. The summed E-state index contributed by atoms with van der Waals surface area (Å²) in [5.74, 6) is 0.734. The Labute approximate surface area is 178 Å². The van der Waals surface area contributed by atoms with Crippen molar-refractivity contribution in [3.8, 4) is 0 Å². The Bertz CT molecular complexity index is 753. The highest BCUT2D eigenvalue weighted by molar-refractivity contribution is 8.00. The predicted molar refractivity (Wildman–Crippen MR) is 116 cm³/mol. The third-order valence-corrected chi connectivity index (χ3v) is 7.46. The number of carbonyl (C=O) groups excluding carboxylic acids is 2. The molecule has 2 saturated heterocycles. The van der Waals surface area contributed by atoms with E-state index >= 15 is 0 Å². The minimum Gasteiger partial charge on any atom is -0.342 e. The lowest BCUT2D eigenvalue weighted by Gasteiger charge is -2.44. The topological polar surface area (TPSA) is 40.6 Å². The van der Waals surface area contributed by atoms with Crippen LogP contribution in [0.4, 0.5) is 4.39 Å². The first-order valence-electron chi connectivity index (χ1n) is 10.6. The number of likely N-dealkylation sites (tertiary alicyclic amines) is 1. The number of halogens is 1. The number of amides is 2. The molecule has 0 aliphatic carbocycles. The van der Waals surface area contributed by atoms with E-state index in [2.05, 4.69) is 27.7 Å². The van der Waals surface area contributed by atoms with E-state index in [0.717, 1.165) is 25.0 Å². The fraction of sp³-hybridized carbons (Fsp3) is 0.652. The smallest absolute Gasteiger partial charge is 0.257 e. The van der Waals surface area contributed by atoms with Gasteiger partial charge < -0.3 is 9.80 Å². The van der Waals surface area contributed by atoms with Crippen molar-refractivity contribution in [2.75, 3.05) is 25.4 Å². The van der Waals surface area contributed by atoms with Gasteiger partial charge in [-0.1, -0.05) is 39.8 Å². The zero-order valence-electron chi connectivity index (χ0n) is 18.0. The minimum absolute atomic E-state index is 0.142. The van der Waals surface area contributed by atoms with Crippen molar-refractivity contribution in [1.82, 2.24) is 9.80 Å². The molecule has 0 aromatic heterocycles. The zero-order chi connectivity index (χ0) is 21.2. The minimum atomic E-state index is -0.468. The standard InChI is InChI=1S/C23H33FN2O2S/c1-17(16-22(2,3)4)15-20(27)25-11-9-23(10-12-25)26(13-14-29-23)21(28)18-7-5-6-8-19(18)24/h5-8,17H,9-16H2,1-4H3/t17-/m0/s1. The molecule has 2 amide bonds. The van der Waals surface area contributed by atoms with Crippen LogP contribution in [0.3, 0.4) is 0 Å². The number of benzene rings is 1. The predicted octanol–water partition coefficient (Wildman–Crippen LogP) is 4.80. The van der Waals surface area contributed by atoms with Crippen molar-refractivity contribution in [1.29, 1.82) is 0 Å². The van der Waals surface area contributed by atoms with Crippen molar-refractivity contribution in [3.05, 3.63) is 35.6 Å². The first-order valence-corrected chi connectivity index (χ1v) is 11.6. The molecule has 2 heterocycles. The molecule has 2 aliphatic heterocycles. The molecule has 6 heteroatoms. The molecule has 0 N–H and O–H groups in total. The molecule has 0 bridgehead atoms. The lowest BCUT2D eigenvalue weighted by Crippen LogP contribution is -2.53. The number of hydrogen-bond donors (Lipinski definition) is 0. The molecule has 1 atom stereocenters. The maximum absolute atomic E-state index is 14.1. The average Bonchev–Trinajstić information content (AvgIpc) is 3.03. The molecular formula is C23H33FN2O2S. The van der Waals surface area contributed by atoms with Gasteiger partial charge in [-0.2, -0.15) is 0 Å². The van der Waals surface area contributed by atoms with Crippen LogP contribution in [0.1, 0.15) is 63.7 Å².